The standard InChI is InChI=1S/C17H26N2O4S.ClH/c1-13-4-5-14(10-15(13)24(3,21)22)16(20)19-11-17(12-23-2)6-8-18-9-7-17;/h4-5,10,18H,6-9,11-12H2,1-3H3,(H,19,20);1H. The summed E-state index contributed by atoms with van der Waals surface area (Å²) in [5.74, 6) is -0.256. The molecule has 2 rings (SSSR count). The molecule has 1 aromatic carbocycles. The largest absolute Gasteiger partial charge is 0.384 e. The molecular weight excluding hydrogens is 364 g/mol. The first-order valence-corrected chi connectivity index (χ1v) is 9.95. The third kappa shape index (κ3) is 5.67. The van der Waals surface area contributed by atoms with Gasteiger partial charge < -0.3 is 15.4 Å². The predicted octanol–water partition coefficient (Wildman–Crippen LogP) is 1.57. The molecule has 1 aliphatic rings. The van der Waals surface area contributed by atoms with Crippen LogP contribution >= 0.6 is 12.4 Å². The Morgan fingerprint density at radius 2 is 1.96 bits per heavy atom. The van der Waals surface area contributed by atoms with Gasteiger partial charge in [0.2, 0.25) is 0 Å². The Labute approximate surface area is 156 Å². The van der Waals surface area contributed by atoms with Crippen molar-refractivity contribution in [1.82, 2.24) is 10.6 Å². The van der Waals surface area contributed by atoms with E-state index < -0.39 is 9.84 Å². The van der Waals surface area contributed by atoms with Gasteiger partial charge in [0.25, 0.3) is 5.91 Å². The number of rotatable bonds is 6. The zero-order chi connectivity index (χ0) is 17.8. The number of amides is 1. The Hall–Kier alpha value is -1.15. The molecule has 0 aromatic heterocycles. The van der Waals surface area contributed by atoms with Crippen LogP contribution in [0.2, 0.25) is 0 Å². The molecule has 8 heteroatoms. The fraction of sp³-hybridized carbons (Fsp3) is 0.588. The van der Waals surface area contributed by atoms with Crippen LogP contribution in [0.5, 0.6) is 0 Å². The predicted molar refractivity (Wildman–Crippen MR) is 100 cm³/mol. The summed E-state index contributed by atoms with van der Waals surface area (Å²) in [4.78, 5) is 12.7. The summed E-state index contributed by atoms with van der Waals surface area (Å²) in [5.41, 5.74) is 0.936. The molecule has 1 aliphatic heterocycles. The van der Waals surface area contributed by atoms with E-state index in [1.54, 1.807) is 26.2 Å². The monoisotopic (exact) mass is 390 g/mol. The first-order chi connectivity index (χ1) is 11.3. The highest BCUT2D eigenvalue weighted by molar-refractivity contribution is 7.90. The van der Waals surface area contributed by atoms with Crippen LogP contribution in [0.4, 0.5) is 0 Å². The van der Waals surface area contributed by atoms with E-state index in [1.807, 2.05) is 0 Å². The van der Waals surface area contributed by atoms with E-state index in [0.717, 1.165) is 32.2 Å². The van der Waals surface area contributed by atoms with Gasteiger partial charge in [-0.05, 0) is 50.6 Å². The summed E-state index contributed by atoms with van der Waals surface area (Å²) in [6, 6.07) is 4.77. The third-order valence-electron chi connectivity index (χ3n) is 4.59. The molecule has 0 spiro atoms. The van der Waals surface area contributed by atoms with Gasteiger partial charge in [0, 0.05) is 30.9 Å². The third-order valence-corrected chi connectivity index (χ3v) is 5.83. The number of carbonyl (C=O) groups excluding carboxylic acids is 1. The van der Waals surface area contributed by atoms with E-state index in [2.05, 4.69) is 10.6 Å². The van der Waals surface area contributed by atoms with Crippen LogP contribution in [-0.2, 0) is 14.6 Å². The summed E-state index contributed by atoms with van der Waals surface area (Å²) in [6.45, 7) is 4.64. The van der Waals surface area contributed by atoms with Gasteiger partial charge in [-0.1, -0.05) is 6.07 Å². The van der Waals surface area contributed by atoms with Crippen LogP contribution in [-0.4, -0.2) is 53.9 Å². The quantitative estimate of drug-likeness (QED) is 0.770. The molecule has 2 N–H and O–H groups in total. The van der Waals surface area contributed by atoms with Crippen LogP contribution in [0, 0.1) is 12.3 Å². The summed E-state index contributed by atoms with van der Waals surface area (Å²) >= 11 is 0. The topological polar surface area (TPSA) is 84.5 Å². The number of benzene rings is 1. The Bertz CT molecular complexity index is 695. The maximum Gasteiger partial charge on any atom is 0.251 e. The highest BCUT2D eigenvalue weighted by atomic mass is 35.5. The van der Waals surface area contributed by atoms with Crippen molar-refractivity contribution in [3.63, 3.8) is 0 Å². The van der Waals surface area contributed by atoms with Gasteiger partial charge in [-0.2, -0.15) is 0 Å². The van der Waals surface area contributed by atoms with Crippen molar-refractivity contribution in [3.8, 4) is 0 Å². The van der Waals surface area contributed by atoms with Crippen LogP contribution in [0.1, 0.15) is 28.8 Å². The molecular formula is C17H27ClN2O4S. The maximum absolute atomic E-state index is 12.5. The van der Waals surface area contributed by atoms with Crippen molar-refractivity contribution in [3.05, 3.63) is 29.3 Å². The molecule has 1 heterocycles. The minimum atomic E-state index is -3.35. The molecule has 1 fully saturated rings. The first-order valence-electron chi connectivity index (χ1n) is 8.06. The molecule has 0 saturated carbocycles. The van der Waals surface area contributed by atoms with Crippen LogP contribution in [0.25, 0.3) is 0 Å². The van der Waals surface area contributed by atoms with Gasteiger partial charge in [0.15, 0.2) is 9.84 Å². The Morgan fingerprint density at radius 1 is 1.32 bits per heavy atom. The second kappa shape index (κ2) is 8.98. The molecule has 0 aliphatic carbocycles. The summed E-state index contributed by atoms with van der Waals surface area (Å²) in [6.07, 6.45) is 3.02. The zero-order valence-corrected chi connectivity index (χ0v) is 16.6. The van der Waals surface area contributed by atoms with Crippen molar-refractivity contribution < 1.29 is 17.9 Å². The van der Waals surface area contributed by atoms with Gasteiger partial charge in [0.1, 0.15) is 0 Å². The van der Waals surface area contributed by atoms with Crippen LogP contribution < -0.4 is 10.6 Å². The second-order valence-corrected chi connectivity index (χ2v) is 8.60. The van der Waals surface area contributed by atoms with E-state index in [9.17, 15) is 13.2 Å². The van der Waals surface area contributed by atoms with Crippen molar-refractivity contribution >= 4 is 28.2 Å². The highest BCUT2D eigenvalue weighted by Gasteiger charge is 2.32. The van der Waals surface area contributed by atoms with E-state index in [-0.39, 0.29) is 28.6 Å². The average molecular weight is 391 g/mol. The maximum atomic E-state index is 12.5. The Morgan fingerprint density at radius 3 is 2.52 bits per heavy atom. The number of methoxy groups -OCH3 is 1. The van der Waals surface area contributed by atoms with E-state index >= 15 is 0 Å². The lowest BCUT2D eigenvalue weighted by Crippen LogP contribution is -2.47. The fourth-order valence-corrected chi connectivity index (χ4v) is 4.14. The number of carbonyl (C=O) groups is 1. The van der Waals surface area contributed by atoms with Gasteiger partial charge in [-0.3, -0.25) is 4.79 Å². The van der Waals surface area contributed by atoms with Gasteiger partial charge in [0.05, 0.1) is 11.5 Å². The summed E-state index contributed by atoms with van der Waals surface area (Å²) in [5, 5.41) is 6.26. The molecule has 6 nitrogen and oxygen atoms in total. The van der Waals surface area contributed by atoms with Gasteiger partial charge >= 0.3 is 0 Å². The molecule has 0 radical (unpaired) electrons. The second-order valence-electron chi connectivity index (χ2n) is 6.62. The van der Waals surface area contributed by atoms with Crippen molar-refractivity contribution in [2.75, 3.05) is 39.6 Å². The van der Waals surface area contributed by atoms with Gasteiger partial charge in [-0.25, -0.2) is 8.42 Å². The number of hydrogen-bond acceptors (Lipinski definition) is 5. The van der Waals surface area contributed by atoms with Crippen molar-refractivity contribution in [2.24, 2.45) is 5.41 Å². The van der Waals surface area contributed by atoms with Crippen LogP contribution in [0.3, 0.4) is 0 Å². The Kier molecular flexibility index (Phi) is 7.87. The summed E-state index contributed by atoms with van der Waals surface area (Å²) < 4.78 is 29.0. The lowest BCUT2D eigenvalue weighted by molar-refractivity contribution is 0.0511. The van der Waals surface area contributed by atoms with E-state index in [1.165, 1.54) is 6.07 Å². The number of nitrogens with one attached hydrogen (secondary N) is 2. The van der Waals surface area contributed by atoms with Gasteiger partial charge in [-0.15, -0.1) is 12.4 Å². The lowest BCUT2D eigenvalue weighted by atomic mass is 9.79. The number of sulfone groups is 1. The zero-order valence-electron chi connectivity index (χ0n) is 14.9. The number of piperidine rings is 1. The fourth-order valence-electron chi connectivity index (χ4n) is 3.15. The normalized spacial score (nSPS) is 16.8. The minimum Gasteiger partial charge on any atom is -0.384 e. The average Bonchev–Trinajstić information content (AvgIpc) is 2.53. The molecule has 1 aromatic rings. The lowest BCUT2D eigenvalue weighted by Gasteiger charge is -2.37. The number of hydrogen-bond donors (Lipinski definition) is 2. The van der Waals surface area contributed by atoms with Crippen molar-refractivity contribution in [1.29, 1.82) is 0 Å². The van der Waals surface area contributed by atoms with Crippen molar-refractivity contribution in [2.45, 2.75) is 24.7 Å². The smallest absolute Gasteiger partial charge is 0.251 e. The number of ether oxygens (including phenoxy) is 1. The molecule has 1 saturated heterocycles. The Balaban J connectivity index is 0.00000312. The first kappa shape index (κ1) is 21.9. The molecule has 1 amide bonds. The molecule has 142 valence electrons. The SMILES string of the molecule is COCC1(CNC(=O)c2ccc(C)c(S(C)(=O)=O)c2)CCNCC1.Cl. The van der Waals surface area contributed by atoms with E-state index in [0.29, 0.717) is 24.3 Å². The minimum absolute atomic E-state index is 0. The van der Waals surface area contributed by atoms with E-state index in [4.69, 9.17) is 4.74 Å². The molecule has 0 unspecified atom stereocenters. The molecule has 0 bridgehead atoms. The van der Waals surface area contributed by atoms with Crippen LogP contribution in [0.15, 0.2) is 23.1 Å². The summed E-state index contributed by atoms with van der Waals surface area (Å²) in [7, 11) is -1.68. The molecule has 0 atom stereocenters. The number of halogens is 1. The highest BCUT2D eigenvalue weighted by Crippen LogP contribution is 2.28. The molecule has 25 heavy (non-hydrogen) atoms. The number of aryl methyl sites for hydroxylation is 1.